The van der Waals surface area contributed by atoms with Crippen LogP contribution in [0.1, 0.15) is 53.7 Å². The molecule has 5 rings (SSSR count). The first-order chi connectivity index (χ1) is 18.2. The molecule has 2 aromatic heterocycles. The Labute approximate surface area is 235 Å². The molecule has 7 heteroatoms. The smallest absolute Gasteiger partial charge is 0.255 e. The van der Waals surface area contributed by atoms with Crippen molar-refractivity contribution in [3.05, 3.63) is 107 Å². The SMILES string of the molecule is Cc1noc(C)c1-c1ccc2c(Nc3ccccc3C(C)(C)C)c(C(=O)NCc3ccccc3)cnc2c1.Cl. The van der Waals surface area contributed by atoms with Crippen molar-refractivity contribution in [1.29, 1.82) is 0 Å². The van der Waals surface area contributed by atoms with Crippen molar-refractivity contribution >= 4 is 40.6 Å². The molecule has 200 valence electrons. The van der Waals surface area contributed by atoms with Crippen LogP contribution in [0.2, 0.25) is 0 Å². The highest BCUT2D eigenvalue weighted by Crippen LogP contribution is 2.37. The molecule has 6 nitrogen and oxygen atoms in total. The minimum Gasteiger partial charge on any atom is -0.361 e. The van der Waals surface area contributed by atoms with Gasteiger partial charge in [-0.2, -0.15) is 0 Å². The number of amides is 1. The van der Waals surface area contributed by atoms with Gasteiger partial charge in [0.05, 0.1) is 22.5 Å². The summed E-state index contributed by atoms with van der Waals surface area (Å²) >= 11 is 0. The van der Waals surface area contributed by atoms with E-state index in [1.165, 1.54) is 0 Å². The van der Waals surface area contributed by atoms with Gasteiger partial charge in [0.2, 0.25) is 0 Å². The lowest BCUT2D eigenvalue weighted by Crippen LogP contribution is -2.24. The van der Waals surface area contributed by atoms with Gasteiger partial charge >= 0.3 is 0 Å². The molecule has 0 atom stereocenters. The summed E-state index contributed by atoms with van der Waals surface area (Å²) in [5.41, 5.74) is 7.82. The number of benzene rings is 3. The lowest BCUT2D eigenvalue weighted by molar-refractivity contribution is 0.0951. The van der Waals surface area contributed by atoms with Gasteiger partial charge < -0.3 is 15.2 Å². The number of hydrogen-bond acceptors (Lipinski definition) is 5. The highest BCUT2D eigenvalue weighted by atomic mass is 35.5. The maximum absolute atomic E-state index is 13.5. The van der Waals surface area contributed by atoms with Crippen molar-refractivity contribution in [3.63, 3.8) is 0 Å². The first-order valence-corrected chi connectivity index (χ1v) is 12.8. The molecular formula is C32H33ClN4O2. The standard InChI is InChI=1S/C32H32N4O2.ClH/c1-20-29(21(2)38-36-20)23-15-16-24-28(17-23)33-19-25(31(37)34-18-22-11-7-6-8-12-22)30(24)35-27-14-10-9-13-26(27)32(3,4)5;/h6-17,19H,18H2,1-5H3,(H,33,35)(H,34,37);1H. The van der Waals surface area contributed by atoms with E-state index in [4.69, 9.17) is 9.51 Å². The summed E-state index contributed by atoms with van der Waals surface area (Å²) < 4.78 is 5.39. The maximum atomic E-state index is 13.5. The number of aromatic nitrogens is 2. The second kappa shape index (κ2) is 11.3. The predicted octanol–water partition coefficient (Wildman–Crippen LogP) is 7.90. The number of pyridine rings is 1. The number of nitrogens with one attached hydrogen (secondary N) is 2. The fourth-order valence-electron chi connectivity index (χ4n) is 4.81. The predicted molar refractivity (Wildman–Crippen MR) is 160 cm³/mol. The lowest BCUT2D eigenvalue weighted by atomic mass is 9.85. The summed E-state index contributed by atoms with van der Waals surface area (Å²) in [5.74, 6) is 0.574. The molecule has 0 aliphatic carbocycles. The monoisotopic (exact) mass is 540 g/mol. The van der Waals surface area contributed by atoms with Crippen LogP contribution in [-0.4, -0.2) is 16.0 Å². The fourth-order valence-corrected chi connectivity index (χ4v) is 4.81. The third kappa shape index (κ3) is 5.81. The molecule has 2 heterocycles. The van der Waals surface area contributed by atoms with Crippen molar-refractivity contribution in [2.75, 3.05) is 5.32 Å². The molecule has 0 spiro atoms. The highest BCUT2D eigenvalue weighted by molar-refractivity contribution is 6.08. The molecule has 0 radical (unpaired) electrons. The Kier molecular flexibility index (Phi) is 8.07. The van der Waals surface area contributed by atoms with Gasteiger partial charge in [-0.05, 0) is 48.1 Å². The number of rotatable bonds is 6. The number of halogens is 1. The van der Waals surface area contributed by atoms with Crippen LogP contribution in [0.25, 0.3) is 22.0 Å². The van der Waals surface area contributed by atoms with E-state index in [-0.39, 0.29) is 23.7 Å². The zero-order valence-corrected chi connectivity index (χ0v) is 23.6. The van der Waals surface area contributed by atoms with Crippen LogP contribution in [0.15, 0.2) is 83.5 Å². The van der Waals surface area contributed by atoms with E-state index in [1.54, 1.807) is 6.20 Å². The van der Waals surface area contributed by atoms with E-state index in [2.05, 4.69) is 48.7 Å². The van der Waals surface area contributed by atoms with E-state index < -0.39 is 0 Å². The van der Waals surface area contributed by atoms with Gasteiger partial charge in [-0.25, -0.2) is 0 Å². The Hall–Kier alpha value is -4.16. The van der Waals surface area contributed by atoms with Crippen molar-refractivity contribution in [1.82, 2.24) is 15.5 Å². The minimum absolute atomic E-state index is 0. The largest absolute Gasteiger partial charge is 0.361 e. The van der Waals surface area contributed by atoms with Gasteiger partial charge in [-0.3, -0.25) is 9.78 Å². The Balaban J connectivity index is 0.00000353. The Bertz CT molecular complexity index is 1600. The second-order valence-electron chi connectivity index (χ2n) is 10.6. The van der Waals surface area contributed by atoms with Crippen LogP contribution >= 0.6 is 12.4 Å². The van der Waals surface area contributed by atoms with Gasteiger partial charge in [0.25, 0.3) is 5.91 Å². The third-order valence-corrected chi connectivity index (χ3v) is 6.73. The van der Waals surface area contributed by atoms with Crippen molar-refractivity contribution < 1.29 is 9.32 Å². The second-order valence-corrected chi connectivity index (χ2v) is 10.6. The molecule has 0 saturated heterocycles. The van der Waals surface area contributed by atoms with Crippen LogP contribution < -0.4 is 10.6 Å². The molecule has 39 heavy (non-hydrogen) atoms. The molecule has 1 amide bonds. The maximum Gasteiger partial charge on any atom is 0.255 e. The van der Waals surface area contributed by atoms with E-state index in [0.717, 1.165) is 56.0 Å². The summed E-state index contributed by atoms with van der Waals surface area (Å²) in [6, 6.07) is 24.2. The highest BCUT2D eigenvalue weighted by Gasteiger charge is 2.22. The minimum atomic E-state index is -0.186. The topological polar surface area (TPSA) is 80.0 Å². The van der Waals surface area contributed by atoms with Gasteiger partial charge in [0.15, 0.2) is 0 Å². The lowest BCUT2D eigenvalue weighted by Gasteiger charge is -2.24. The molecule has 5 aromatic rings. The molecule has 0 bridgehead atoms. The quantitative estimate of drug-likeness (QED) is 0.229. The van der Waals surface area contributed by atoms with Crippen LogP contribution in [-0.2, 0) is 12.0 Å². The number of anilines is 2. The number of carbonyl (C=O) groups is 1. The van der Waals surface area contributed by atoms with E-state index >= 15 is 0 Å². The Morgan fingerprint density at radius 3 is 2.36 bits per heavy atom. The first-order valence-electron chi connectivity index (χ1n) is 12.8. The van der Waals surface area contributed by atoms with E-state index in [1.807, 2.05) is 74.5 Å². The molecule has 0 aliphatic rings. The molecule has 3 aromatic carbocycles. The molecule has 2 N–H and O–H groups in total. The molecule has 0 aliphatic heterocycles. The van der Waals surface area contributed by atoms with Gasteiger partial charge in [0.1, 0.15) is 5.76 Å². The number of hydrogen-bond donors (Lipinski definition) is 2. The summed E-state index contributed by atoms with van der Waals surface area (Å²) in [6.07, 6.45) is 1.65. The van der Waals surface area contributed by atoms with E-state index in [9.17, 15) is 4.79 Å². The van der Waals surface area contributed by atoms with Crippen LogP contribution in [0.3, 0.4) is 0 Å². The fraction of sp³-hybridized carbons (Fsp3) is 0.219. The first kappa shape index (κ1) is 27.9. The zero-order valence-electron chi connectivity index (χ0n) is 22.8. The third-order valence-electron chi connectivity index (χ3n) is 6.73. The van der Waals surface area contributed by atoms with Crippen molar-refractivity contribution in [3.8, 4) is 11.1 Å². The van der Waals surface area contributed by atoms with Gasteiger partial charge in [0, 0.05) is 29.4 Å². The zero-order chi connectivity index (χ0) is 26.9. The number of carbonyl (C=O) groups excluding carboxylic acids is 1. The molecule has 0 unspecified atom stereocenters. The van der Waals surface area contributed by atoms with Gasteiger partial charge in [-0.1, -0.05) is 86.6 Å². The van der Waals surface area contributed by atoms with E-state index in [0.29, 0.717) is 12.1 Å². The molecule has 0 fully saturated rings. The van der Waals surface area contributed by atoms with Crippen molar-refractivity contribution in [2.45, 2.75) is 46.6 Å². The number of aryl methyl sites for hydroxylation is 2. The van der Waals surface area contributed by atoms with Crippen LogP contribution in [0.5, 0.6) is 0 Å². The number of fused-ring (bicyclic) bond motifs is 1. The van der Waals surface area contributed by atoms with Crippen molar-refractivity contribution in [2.24, 2.45) is 0 Å². The normalized spacial score (nSPS) is 11.2. The summed E-state index contributed by atoms with van der Waals surface area (Å²) in [6.45, 7) is 10.8. The number of para-hydroxylation sites is 1. The molecule has 0 saturated carbocycles. The van der Waals surface area contributed by atoms with Crippen LogP contribution in [0, 0.1) is 13.8 Å². The Morgan fingerprint density at radius 2 is 1.67 bits per heavy atom. The summed E-state index contributed by atoms with van der Waals surface area (Å²) in [7, 11) is 0. The van der Waals surface area contributed by atoms with Crippen LogP contribution in [0.4, 0.5) is 11.4 Å². The Morgan fingerprint density at radius 1 is 0.949 bits per heavy atom. The summed E-state index contributed by atoms with van der Waals surface area (Å²) in [4.78, 5) is 18.2. The number of nitrogens with zero attached hydrogens (tertiary/aromatic N) is 2. The average Bonchev–Trinajstić information content (AvgIpc) is 3.25. The van der Waals surface area contributed by atoms with Gasteiger partial charge in [-0.15, -0.1) is 12.4 Å². The summed E-state index contributed by atoms with van der Waals surface area (Å²) in [5, 5.41) is 11.6. The average molecular weight is 541 g/mol. The molecular weight excluding hydrogens is 508 g/mol.